The van der Waals surface area contributed by atoms with Gasteiger partial charge in [-0.25, -0.2) is 14.6 Å². The van der Waals surface area contributed by atoms with Gasteiger partial charge in [0.25, 0.3) is 0 Å². The van der Waals surface area contributed by atoms with E-state index in [1.807, 2.05) is 0 Å². The van der Waals surface area contributed by atoms with Crippen molar-refractivity contribution in [2.24, 2.45) is 0 Å². The smallest absolute Gasteiger partial charge is 0.357 e. The van der Waals surface area contributed by atoms with Gasteiger partial charge in [0.1, 0.15) is 0 Å². The van der Waals surface area contributed by atoms with Crippen LogP contribution < -0.4 is 0 Å². The van der Waals surface area contributed by atoms with Gasteiger partial charge in [-0.2, -0.15) is 0 Å². The predicted molar refractivity (Wildman–Crippen MR) is 43.2 cm³/mol. The fraction of sp³-hybridized carbons (Fsp3) is 0.286. The van der Waals surface area contributed by atoms with Crippen LogP contribution in [0.5, 0.6) is 0 Å². The molecule has 0 unspecified atom stereocenters. The monoisotopic (exact) mass is 200 g/mol. The summed E-state index contributed by atoms with van der Waals surface area (Å²) in [5.41, 5.74) is -0.947. The Balaban J connectivity index is 3.20. The van der Waals surface area contributed by atoms with Gasteiger partial charge in [-0.15, -0.1) is 0 Å². The largest absolute Gasteiger partial charge is 0.476 e. The van der Waals surface area contributed by atoms with E-state index in [4.69, 9.17) is 15.3 Å². The quantitative estimate of drug-likeness (QED) is 0.590. The summed E-state index contributed by atoms with van der Waals surface area (Å²) >= 11 is 0. The molecule has 1 aromatic heterocycles. The van der Waals surface area contributed by atoms with Gasteiger partial charge in [0.05, 0.1) is 12.9 Å². The van der Waals surface area contributed by atoms with Crippen molar-refractivity contribution < 1.29 is 24.9 Å². The molecule has 1 heterocycles. The summed E-state index contributed by atoms with van der Waals surface area (Å²) in [6.45, 7) is -0.280. The molecule has 76 valence electrons. The van der Waals surface area contributed by atoms with Crippen molar-refractivity contribution in [2.75, 3.05) is 6.61 Å². The molecule has 0 saturated carbocycles. The van der Waals surface area contributed by atoms with Crippen molar-refractivity contribution in [1.82, 2.24) is 9.55 Å². The van der Waals surface area contributed by atoms with Gasteiger partial charge in [0.2, 0.25) is 0 Å². The molecule has 3 N–H and O–H groups in total. The molecule has 1 rings (SSSR count). The lowest BCUT2D eigenvalue weighted by atomic mass is 10.3. The molecule has 0 aliphatic carbocycles. The molecule has 0 radical (unpaired) electrons. The molecule has 0 aliphatic heterocycles. The number of hydrogen-bond donors (Lipinski definition) is 3. The number of aliphatic hydroxyl groups is 1. The highest BCUT2D eigenvalue weighted by Gasteiger charge is 2.22. The molecule has 0 aromatic carbocycles. The first-order chi connectivity index (χ1) is 6.57. The van der Waals surface area contributed by atoms with E-state index in [1.165, 1.54) is 0 Å². The second kappa shape index (κ2) is 3.88. The van der Waals surface area contributed by atoms with Gasteiger partial charge in [-0.3, -0.25) is 0 Å². The van der Waals surface area contributed by atoms with Gasteiger partial charge >= 0.3 is 11.9 Å². The number of nitrogens with zero attached hydrogens (tertiary/aromatic N) is 2. The highest BCUT2D eigenvalue weighted by atomic mass is 16.4. The Labute approximate surface area is 78.2 Å². The number of aliphatic hydroxyl groups excluding tert-OH is 1. The lowest BCUT2D eigenvalue weighted by Gasteiger charge is -2.01. The summed E-state index contributed by atoms with van der Waals surface area (Å²) in [7, 11) is 0. The third kappa shape index (κ3) is 1.72. The lowest BCUT2D eigenvalue weighted by Crippen LogP contribution is -2.14. The van der Waals surface area contributed by atoms with Crippen LogP contribution in [0.4, 0.5) is 0 Å². The minimum Gasteiger partial charge on any atom is -0.476 e. The Morgan fingerprint density at radius 1 is 1.36 bits per heavy atom. The number of aromatic nitrogens is 2. The molecule has 0 bridgehead atoms. The first-order valence-corrected chi connectivity index (χ1v) is 3.70. The molecule has 14 heavy (non-hydrogen) atoms. The van der Waals surface area contributed by atoms with E-state index >= 15 is 0 Å². The SMILES string of the molecule is O=C(O)c1ncn(CCO)c1C(=O)O. The number of hydrogen-bond acceptors (Lipinski definition) is 4. The van der Waals surface area contributed by atoms with Crippen LogP contribution in [0.3, 0.4) is 0 Å². The molecular weight excluding hydrogens is 192 g/mol. The molecule has 0 saturated heterocycles. The van der Waals surface area contributed by atoms with Crippen molar-refractivity contribution >= 4 is 11.9 Å². The van der Waals surface area contributed by atoms with E-state index in [0.717, 1.165) is 10.9 Å². The zero-order valence-electron chi connectivity index (χ0n) is 7.04. The number of carbonyl (C=O) groups is 2. The molecule has 7 nitrogen and oxygen atoms in total. The van der Waals surface area contributed by atoms with Crippen molar-refractivity contribution in [3.8, 4) is 0 Å². The first-order valence-electron chi connectivity index (χ1n) is 3.70. The van der Waals surface area contributed by atoms with E-state index < -0.39 is 23.3 Å². The average molecular weight is 200 g/mol. The van der Waals surface area contributed by atoms with Crippen LogP contribution >= 0.6 is 0 Å². The van der Waals surface area contributed by atoms with Crippen LogP contribution in [0, 0.1) is 0 Å². The van der Waals surface area contributed by atoms with E-state index in [9.17, 15) is 9.59 Å². The molecule has 0 spiro atoms. The van der Waals surface area contributed by atoms with Crippen LogP contribution in [0.15, 0.2) is 6.33 Å². The topological polar surface area (TPSA) is 113 Å². The standard InChI is InChI=1S/C7H8N2O5/c10-2-1-9-3-8-4(6(11)12)5(9)7(13)14/h3,10H,1-2H2,(H,11,12)(H,13,14). The van der Waals surface area contributed by atoms with Crippen LogP contribution in [-0.4, -0.2) is 43.4 Å². The Bertz CT molecular complexity index is 370. The third-order valence-corrected chi connectivity index (χ3v) is 1.58. The molecule has 1 aromatic rings. The molecule has 0 aliphatic rings. The number of rotatable bonds is 4. The summed E-state index contributed by atoms with van der Waals surface area (Å²) in [4.78, 5) is 24.6. The second-order valence-electron chi connectivity index (χ2n) is 2.47. The first kappa shape index (κ1) is 10.2. The Morgan fingerprint density at radius 2 is 2.00 bits per heavy atom. The maximum atomic E-state index is 10.7. The zero-order chi connectivity index (χ0) is 10.7. The Morgan fingerprint density at radius 3 is 2.43 bits per heavy atom. The minimum absolute atomic E-state index is 0.00190. The summed E-state index contributed by atoms with van der Waals surface area (Å²) in [5, 5.41) is 25.9. The molecular formula is C7H8N2O5. The molecule has 7 heteroatoms. The van der Waals surface area contributed by atoms with Crippen LogP contribution in [0.1, 0.15) is 21.0 Å². The van der Waals surface area contributed by atoms with E-state index in [1.54, 1.807) is 0 Å². The van der Waals surface area contributed by atoms with Crippen molar-refractivity contribution in [2.45, 2.75) is 6.54 Å². The summed E-state index contributed by atoms with van der Waals surface area (Å²) in [5.74, 6) is -2.78. The predicted octanol–water partition coefficient (Wildman–Crippen LogP) is -0.728. The second-order valence-corrected chi connectivity index (χ2v) is 2.47. The Kier molecular flexibility index (Phi) is 2.82. The number of carboxylic acid groups (broad SMARTS) is 2. The van der Waals surface area contributed by atoms with Gasteiger partial charge in [-0.05, 0) is 0 Å². The normalized spacial score (nSPS) is 10.1. The molecule has 0 fully saturated rings. The molecule has 0 amide bonds. The van der Waals surface area contributed by atoms with Gasteiger partial charge in [0, 0.05) is 6.54 Å². The molecule has 0 atom stereocenters. The highest BCUT2D eigenvalue weighted by molar-refractivity contribution is 5.99. The van der Waals surface area contributed by atoms with Crippen molar-refractivity contribution in [1.29, 1.82) is 0 Å². The van der Waals surface area contributed by atoms with Gasteiger partial charge in [-0.1, -0.05) is 0 Å². The van der Waals surface area contributed by atoms with E-state index in [-0.39, 0.29) is 13.2 Å². The van der Waals surface area contributed by atoms with E-state index in [2.05, 4.69) is 4.98 Å². The fourth-order valence-corrected chi connectivity index (χ4v) is 1.04. The summed E-state index contributed by atoms with van der Waals surface area (Å²) in [6.07, 6.45) is 1.07. The van der Waals surface area contributed by atoms with Crippen molar-refractivity contribution in [3.05, 3.63) is 17.7 Å². The summed E-state index contributed by atoms with van der Waals surface area (Å²) in [6, 6.07) is 0. The third-order valence-electron chi connectivity index (χ3n) is 1.58. The Hall–Kier alpha value is -1.89. The maximum Gasteiger partial charge on any atom is 0.357 e. The average Bonchev–Trinajstić information content (AvgIpc) is 2.48. The number of imidazole rings is 1. The highest BCUT2D eigenvalue weighted by Crippen LogP contribution is 2.07. The van der Waals surface area contributed by atoms with Crippen LogP contribution in [0.2, 0.25) is 0 Å². The van der Waals surface area contributed by atoms with Gasteiger partial charge < -0.3 is 19.9 Å². The fourth-order valence-electron chi connectivity index (χ4n) is 1.04. The zero-order valence-corrected chi connectivity index (χ0v) is 7.04. The van der Waals surface area contributed by atoms with E-state index in [0.29, 0.717) is 0 Å². The van der Waals surface area contributed by atoms with Crippen molar-refractivity contribution in [3.63, 3.8) is 0 Å². The van der Waals surface area contributed by atoms with Crippen LogP contribution in [0.25, 0.3) is 0 Å². The van der Waals surface area contributed by atoms with Gasteiger partial charge in [0.15, 0.2) is 11.4 Å². The summed E-state index contributed by atoms with van der Waals surface area (Å²) < 4.78 is 1.08. The lowest BCUT2D eigenvalue weighted by molar-refractivity contribution is 0.0639. The number of aromatic carboxylic acids is 2. The maximum absolute atomic E-state index is 10.7. The minimum atomic E-state index is -1.40. The van der Waals surface area contributed by atoms with Crippen LogP contribution in [-0.2, 0) is 6.54 Å². The number of carboxylic acids is 2.